The molecule has 2 unspecified atom stereocenters. The molecule has 3 rings (SSSR count). The molecule has 0 aliphatic carbocycles. The Morgan fingerprint density at radius 1 is 1.44 bits per heavy atom. The number of thioether (sulfide) groups is 2. The maximum Gasteiger partial charge on any atom is 0.352 e. The minimum absolute atomic E-state index is 0.0344. The molecular formula is C16H23N6O3S2+. The number of fused-ring (bicyclic) bond motifs is 1. The number of nitrogens with two attached hydrogens (primary N) is 3. The van der Waals surface area contributed by atoms with E-state index in [1.54, 1.807) is 0 Å². The van der Waals surface area contributed by atoms with Crippen LogP contribution in [0.15, 0.2) is 16.4 Å². The average molecular weight is 412 g/mol. The molecule has 1 aromatic heterocycles. The Morgan fingerprint density at radius 3 is 2.74 bits per heavy atom. The first-order chi connectivity index (χ1) is 12.8. The fraction of sp³-hybridized carbons (Fsp3) is 0.500. The highest BCUT2D eigenvalue weighted by Crippen LogP contribution is 2.40. The first-order valence-corrected chi connectivity index (χ1v) is 10.6. The fourth-order valence-corrected chi connectivity index (χ4v) is 5.76. The second kappa shape index (κ2) is 7.56. The number of nitrogen functional groups attached to an aromatic ring is 2. The van der Waals surface area contributed by atoms with Crippen LogP contribution in [0.3, 0.4) is 0 Å². The Labute approximate surface area is 165 Å². The van der Waals surface area contributed by atoms with Gasteiger partial charge in [-0.25, -0.2) is 9.36 Å². The summed E-state index contributed by atoms with van der Waals surface area (Å²) in [7, 11) is 0. The van der Waals surface area contributed by atoms with Crippen LogP contribution in [-0.4, -0.2) is 49.8 Å². The number of aliphatic carboxylic acids is 1. The monoisotopic (exact) mass is 411 g/mol. The van der Waals surface area contributed by atoms with Crippen molar-refractivity contribution in [2.75, 3.05) is 23.0 Å². The van der Waals surface area contributed by atoms with Crippen LogP contribution < -0.4 is 21.8 Å². The van der Waals surface area contributed by atoms with E-state index < -0.39 is 12.0 Å². The Hall–Kier alpha value is -1.98. The average Bonchev–Trinajstić information content (AvgIpc) is 2.64. The number of amides is 1. The second-order valence-electron chi connectivity index (χ2n) is 6.22. The van der Waals surface area contributed by atoms with Crippen molar-refractivity contribution >= 4 is 47.0 Å². The third-order valence-corrected chi connectivity index (χ3v) is 7.12. The summed E-state index contributed by atoms with van der Waals surface area (Å²) in [6, 6.07) is -0.636. The van der Waals surface area contributed by atoms with Crippen LogP contribution in [0.25, 0.3) is 0 Å². The number of hydrogen-bond acceptors (Lipinski definition) is 8. The van der Waals surface area contributed by atoms with Gasteiger partial charge in [0, 0.05) is 11.5 Å². The number of aromatic nitrogens is 2. The standard InChI is InChI=1S/C16H22N6O3S2/c1-3-8-11(18)20-16(21(4-2)12(8)19)27-6-7-5-26-14-9(17)13(23)22(14)10(7)15(24)25/h9,14H,3-6,17H2,1-2H3,(H4,18,19,24,25)/p+1. The van der Waals surface area contributed by atoms with Gasteiger partial charge in [0.1, 0.15) is 17.1 Å². The summed E-state index contributed by atoms with van der Waals surface area (Å²) >= 11 is 2.84. The van der Waals surface area contributed by atoms with Crippen LogP contribution in [-0.2, 0) is 22.6 Å². The van der Waals surface area contributed by atoms with Crippen LogP contribution >= 0.6 is 23.5 Å². The van der Waals surface area contributed by atoms with Crippen molar-refractivity contribution in [3.8, 4) is 0 Å². The van der Waals surface area contributed by atoms with E-state index in [9.17, 15) is 14.7 Å². The molecule has 3 heterocycles. The Bertz CT molecular complexity index is 844. The van der Waals surface area contributed by atoms with Crippen molar-refractivity contribution in [2.45, 2.75) is 43.4 Å². The van der Waals surface area contributed by atoms with E-state index >= 15 is 0 Å². The maximum absolute atomic E-state index is 12.0. The molecular weight excluding hydrogens is 388 g/mol. The van der Waals surface area contributed by atoms with Gasteiger partial charge in [0.2, 0.25) is 17.5 Å². The first-order valence-electron chi connectivity index (χ1n) is 8.57. The summed E-state index contributed by atoms with van der Waals surface area (Å²) in [6.45, 7) is 4.54. The Morgan fingerprint density at radius 2 is 2.15 bits per heavy atom. The molecule has 0 saturated carbocycles. The van der Waals surface area contributed by atoms with Crippen LogP contribution in [0.5, 0.6) is 0 Å². The summed E-state index contributed by atoms with van der Waals surface area (Å²) in [4.78, 5) is 29.5. The number of carbonyl (C=O) groups excluding carboxylic acids is 1. The molecule has 0 bridgehead atoms. The molecule has 27 heavy (non-hydrogen) atoms. The minimum atomic E-state index is -1.12. The van der Waals surface area contributed by atoms with Gasteiger partial charge in [-0.05, 0) is 30.7 Å². The fourth-order valence-electron chi connectivity index (χ4n) is 3.25. The molecule has 11 heteroatoms. The highest BCUT2D eigenvalue weighted by atomic mass is 32.2. The largest absolute Gasteiger partial charge is 0.477 e. The third kappa shape index (κ3) is 3.23. The molecule has 1 aromatic rings. The van der Waals surface area contributed by atoms with E-state index in [0.29, 0.717) is 46.8 Å². The van der Waals surface area contributed by atoms with Gasteiger partial charge in [0.15, 0.2) is 0 Å². The van der Waals surface area contributed by atoms with Crippen molar-refractivity contribution in [1.29, 1.82) is 0 Å². The normalized spacial score (nSPS) is 21.9. The van der Waals surface area contributed by atoms with E-state index in [1.807, 2.05) is 18.4 Å². The molecule has 9 nitrogen and oxygen atoms in total. The van der Waals surface area contributed by atoms with Gasteiger partial charge in [-0.3, -0.25) is 9.69 Å². The predicted molar refractivity (Wildman–Crippen MR) is 105 cm³/mol. The predicted octanol–water partition coefficient (Wildman–Crippen LogP) is -0.211. The van der Waals surface area contributed by atoms with Crippen LogP contribution in [0.1, 0.15) is 19.4 Å². The molecule has 7 N–H and O–H groups in total. The van der Waals surface area contributed by atoms with Gasteiger partial charge in [-0.1, -0.05) is 11.9 Å². The van der Waals surface area contributed by atoms with Crippen molar-refractivity contribution in [2.24, 2.45) is 5.73 Å². The lowest BCUT2D eigenvalue weighted by molar-refractivity contribution is -0.720. The smallest absolute Gasteiger partial charge is 0.352 e. The number of hydrogen-bond donors (Lipinski definition) is 4. The number of nitrogens with zero attached hydrogens (tertiary/aromatic N) is 3. The van der Waals surface area contributed by atoms with E-state index in [4.69, 9.17) is 17.2 Å². The molecule has 1 saturated heterocycles. The SMILES string of the molecule is CCc1c(N)nc(SCC2=C(C(=O)O)N3C(=O)C(N)C3SC2)[n+](CC)c1N. The number of carboxylic acids is 1. The lowest BCUT2D eigenvalue weighted by Gasteiger charge is -2.48. The molecule has 2 aliphatic rings. The van der Waals surface area contributed by atoms with E-state index in [2.05, 4.69) is 4.98 Å². The van der Waals surface area contributed by atoms with Crippen molar-refractivity contribution in [3.63, 3.8) is 0 Å². The summed E-state index contributed by atoms with van der Waals surface area (Å²) in [6.07, 6.45) is 0.680. The van der Waals surface area contributed by atoms with Gasteiger partial charge in [0.05, 0.1) is 12.1 Å². The van der Waals surface area contributed by atoms with Gasteiger partial charge in [0.25, 0.3) is 0 Å². The molecule has 0 radical (unpaired) electrons. The minimum Gasteiger partial charge on any atom is -0.477 e. The third-order valence-electron chi connectivity index (χ3n) is 4.69. The number of carboxylic acid groups (broad SMARTS) is 1. The lowest BCUT2D eigenvalue weighted by atomic mass is 10.0. The van der Waals surface area contributed by atoms with Gasteiger partial charge in [-0.15, -0.1) is 11.8 Å². The van der Waals surface area contributed by atoms with Crippen molar-refractivity contribution < 1.29 is 19.3 Å². The zero-order valence-corrected chi connectivity index (χ0v) is 16.8. The number of carbonyl (C=O) groups is 2. The zero-order valence-electron chi connectivity index (χ0n) is 15.1. The Kier molecular flexibility index (Phi) is 5.54. The van der Waals surface area contributed by atoms with Crippen molar-refractivity contribution in [3.05, 3.63) is 16.8 Å². The van der Waals surface area contributed by atoms with Crippen LogP contribution in [0.2, 0.25) is 0 Å². The molecule has 1 amide bonds. The molecule has 146 valence electrons. The van der Waals surface area contributed by atoms with Crippen LogP contribution in [0.4, 0.5) is 11.6 Å². The second-order valence-corrected chi connectivity index (χ2v) is 8.27. The van der Waals surface area contributed by atoms with E-state index in [-0.39, 0.29) is 17.0 Å². The highest BCUT2D eigenvalue weighted by molar-refractivity contribution is 8.01. The molecule has 0 spiro atoms. The zero-order chi connectivity index (χ0) is 19.9. The molecule has 1 fully saturated rings. The first kappa shape index (κ1) is 19.8. The summed E-state index contributed by atoms with van der Waals surface area (Å²) in [5.74, 6) is 0.363. The number of anilines is 2. The molecule has 0 aromatic carbocycles. The Balaban J connectivity index is 1.90. The maximum atomic E-state index is 12.0. The highest BCUT2D eigenvalue weighted by Gasteiger charge is 2.51. The lowest BCUT2D eigenvalue weighted by Crippen LogP contribution is -2.68. The quantitative estimate of drug-likeness (QED) is 0.215. The van der Waals surface area contributed by atoms with Crippen molar-refractivity contribution in [1.82, 2.24) is 9.88 Å². The number of rotatable bonds is 6. The van der Waals surface area contributed by atoms with E-state index in [1.165, 1.54) is 28.4 Å². The van der Waals surface area contributed by atoms with Crippen LogP contribution in [0, 0.1) is 0 Å². The van der Waals surface area contributed by atoms with E-state index in [0.717, 1.165) is 5.56 Å². The summed E-state index contributed by atoms with van der Waals surface area (Å²) < 4.78 is 1.87. The van der Waals surface area contributed by atoms with Gasteiger partial charge < -0.3 is 22.3 Å². The topological polar surface area (TPSA) is 152 Å². The summed E-state index contributed by atoms with van der Waals surface area (Å²) in [5.41, 5.74) is 19.5. The summed E-state index contributed by atoms with van der Waals surface area (Å²) in [5, 5.41) is 9.94. The van der Waals surface area contributed by atoms with Gasteiger partial charge in [-0.2, -0.15) is 0 Å². The molecule has 2 atom stereocenters. The van der Waals surface area contributed by atoms with Gasteiger partial charge >= 0.3 is 11.1 Å². The number of β-lactam (4-membered cyclic amide) rings is 1. The molecule has 2 aliphatic heterocycles.